The second-order valence-electron chi connectivity index (χ2n) is 8.55. The van der Waals surface area contributed by atoms with E-state index in [9.17, 15) is 9.59 Å². The second kappa shape index (κ2) is 9.19. The molecule has 5 rings (SSSR count). The van der Waals surface area contributed by atoms with Crippen LogP contribution in [-0.4, -0.2) is 41.1 Å². The summed E-state index contributed by atoms with van der Waals surface area (Å²) in [6.07, 6.45) is 2.31. The zero-order valence-corrected chi connectivity index (χ0v) is 21.0. The van der Waals surface area contributed by atoms with Crippen LogP contribution in [0.5, 0.6) is 11.5 Å². The monoisotopic (exact) mass is 489 g/mol. The van der Waals surface area contributed by atoms with E-state index in [4.69, 9.17) is 9.47 Å². The summed E-state index contributed by atoms with van der Waals surface area (Å²) in [5.74, 6) is 1.00. The number of hydrogen-bond donors (Lipinski definition) is 0. The van der Waals surface area contributed by atoms with Gasteiger partial charge in [0.05, 0.1) is 25.6 Å². The number of carbonyl (C=O) groups is 1. The molecule has 1 atom stereocenters. The molecule has 180 valence electrons. The smallest absolute Gasteiger partial charge is 0.260 e. The first-order valence-corrected chi connectivity index (χ1v) is 12.4. The van der Waals surface area contributed by atoms with Crippen LogP contribution in [-0.2, 0) is 13.0 Å². The van der Waals surface area contributed by atoms with Crippen molar-refractivity contribution in [2.45, 2.75) is 32.9 Å². The molecule has 4 heterocycles. The van der Waals surface area contributed by atoms with E-state index in [0.717, 1.165) is 21.7 Å². The molecule has 3 aromatic heterocycles. The number of benzene rings is 1. The van der Waals surface area contributed by atoms with Crippen molar-refractivity contribution >= 4 is 28.3 Å². The lowest BCUT2D eigenvalue weighted by Gasteiger charge is -2.37. The predicted octanol–water partition coefficient (Wildman–Crippen LogP) is 4.59. The Kier molecular flexibility index (Phi) is 6.06. The van der Waals surface area contributed by atoms with E-state index in [0.29, 0.717) is 42.0 Å². The van der Waals surface area contributed by atoms with Gasteiger partial charge in [-0.05, 0) is 67.1 Å². The van der Waals surface area contributed by atoms with Gasteiger partial charge in [0.15, 0.2) is 11.5 Å². The number of carbonyl (C=O) groups excluding carboxylic acids is 1. The Hall–Kier alpha value is -3.65. The minimum atomic E-state index is -0.327. The molecule has 1 unspecified atom stereocenters. The summed E-state index contributed by atoms with van der Waals surface area (Å²) < 4.78 is 13.0. The molecule has 8 heteroatoms. The number of fused-ring (bicyclic) bond motifs is 2. The van der Waals surface area contributed by atoms with E-state index >= 15 is 0 Å². The minimum absolute atomic E-state index is 0.162. The van der Waals surface area contributed by atoms with Crippen molar-refractivity contribution in [1.82, 2.24) is 14.5 Å². The fourth-order valence-electron chi connectivity index (χ4n) is 4.83. The van der Waals surface area contributed by atoms with E-state index in [1.807, 2.05) is 59.0 Å². The van der Waals surface area contributed by atoms with Crippen LogP contribution in [0.3, 0.4) is 0 Å². The van der Waals surface area contributed by atoms with E-state index in [1.165, 1.54) is 0 Å². The highest BCUT2D eigenvalue weighted by Gasteiger charge is 2.35. The van der Waals surface area contributed by atoms with Gasteiger partial charge in [-0.1, -0.05) is 6.07 Å². The molecule has 0 saturated carbocycles. The molecule has 1 amide bonds. The number of thiophene rings is 1. The van der Waals surface area contributed by atoms with Crippen LogP contribution < -0.4 is 14.9 Å². The first-order chi connectivity index (χ1) is 17.0. The topological polar surface area (TPSA) is 73.7 Å². The molecule has 0 bridgehead atoms. The minimum Gasteiger partial charge on any atom is -0.493 e. The van der Waals surface area contributed by atoms with Crippen LogP contribution >= 0.6 is 11.3 Å². The molecule has 35 heavy (non-hydrogen) atoms. The Labute approximate surface area is 207 Å². The largest absolute Gasteiger partial charge is 0.493 e. The zero-order chi connectivity index (χ0) is 24.7. The maximum atomic E-state index is 14.0. The zero-order valence-electron chi connectivity index (χ0n) is 20.2. The van der Waals surface area contributed by atoms with Gasteiger partial charge in [-0.15, -0.1) is 11.3 Å². The molecule has 1 aliphatic heterocycles. The molecule has 0 spiro atoms. The van der Waals surface area contributed by atoms with Gasteiger partial charge in [0.25, 0.3) is 5.91 Å². The third kappa shape index (κ3) is 3.87. The fraction of sp³-hybridized carbons (Fsp3) is 0.296. The number of pyridine rings is 2. The van der Waals surface area contributed by atoms with Crippen LogP contribution in [0.4, 0.5) is 0 Å². The lowest BCUT2D eigenvalue weighted by atomic mass is 9.90. The van der Waals surface area contributed by atoms with Gasteiger partial charge in [-0.3, -0.25) is 9.59 Å². The van der Waals surface area contributed by atoms with Crippen molar-refractivity contribution in [3.63, 3.8) is 0 Å². The molecule has 0 N–H and O–H groups in total. The number of hydrogen-bond acceptors (Lipinski definition) is 6. The lowest BCUT2D eigenvalue weighted by Crippen LogP contribution is -2.42. The number of rotatable bonds is 5. The molecule has 0 saturated heterocycles. The van der Waals surface area contributed by atoms with Crippen molar-refractivity contribution in [2.24, 2.45) is 0 Å². The molecule has 0 aliphatic carbocycles. The highest BCUT2D eigenvalue weighted by molar-refractivity contribution is 7.10. The molecule has 0 radical (unpaired) electrons. The summed E-state index contributed by atoms with van der Waals surface area (Å²) >= 11 is 1.59. The third-order valence-electron chi connectivity index (χ3n) is 6.58. The molecule has 1 aromatic carbocycles. The maximum absolute atomic E-state index is 14.0. The Morgan fingerprint density at radius 1 is 1.17 bits per heavy atom. The van der Waals surface area contributed by atoms with Gasteiger partial charge in [0.1, 0.15) is 11.2 Å². The lowest BCUT2D eigenvalue weighted by molar-refractivity contribution is 0.0695. The van der Waals surface area contributed by atoms with Gasteiger partial charge in [-0.2, -0.15) is 0 Å². The Morgan fingerprint density at radius 2 is 1.94 bits per heavy atom. The van der Waals surface area contributed by atoms with Crippen molar-refractivity contribution in [2.75, 3.05) is 20.8 Å². The first-order valence-electron chi connectivity index (χ1n) is 11.6. The summed E-state index contributed by atoms with van der Waals surface area (Å²) in [5.41, 5.74) is 3.39. The molecule has 1 aliphatic rings. The van der Waals surface area contributed by atoms with E-state index in [-0.39, 0.29) is 22.9 Å². The SMILES string of the molecule is CCn1cc(C(=O)N2CCc3cc(OC)c(OC)cc3C2c2cccs2)c(=O)c2ccc(C)nc21. The normalized spacial score (nSPS) is 15.2. The van der Waals surface area contributed by atoms with Crippen LogP contribution in [0.1, 0.15) is 45.0 Å². The van der Waals surface area contributed by atoms with Gasteiger partial charge < -0.3 is 18.9 Å². The third-order valence-corrected chi connectivity index (χ3v) is 7.50. The van der Waals surface area contributed by atoms with Crippen molar-refractivity contribution in [1.29, 1.82) is 0 Å². The second-order valence-corrected chi connectivity index (χ2v) is 9.53. The first kappa shape index (κ1) is 23.1. The van der Waals surface area contributed by atoms with Gasteiger partial charge in [0.2, 0.25) is 5.43 Å². The number of aryl methyl sites for hydroxylation is 2. The molecule has 0 fully saturated rings. The average molecular weight is 490 g/mol. The summed E-state index contributed by atoms with van der Waals surface area (Å²) in [7, 11) is 3.22. The van der Waals surface area contributed by atoms with Crippen molar-refractivity contribution in [3.05, 3.63) is 85.5 Å². The summed E-state index contributed by atoms with van der Waals surface area (Å²) in [6.45, 7) is 4.96. The average Bonchev–Trinajstić information content (AvgIpc) is 3.41. The number of amides is 1. The molecular weight excluding hydrogens is 462 g/mol. The molecular formula is C27H27N3O4S. The van der Waals surface area contributed by atoms with Crippen molar-refractivity contribution < 1.29 is 14.3 Å². The summed E-state index contributed by atoms with van der Waals surface area (Å²) in [6, 6.07) is 11.2. The molecule has 7 nitrogen and oxygen atoms in total. The van der Waals surface area contributed by atoms with Gasteiger partial charge in [-0.25, -0.2) is 4.98 Å². The number of aromatic nitrogens is 2. The Morgan fingerprint density at radius 3 is 2.63 bits per heavy atom. The maximum Gasteiger partial charge on any atom is 0.260 e. The summed E-state index contributed by atoms with van der Waals surface area (Å²) in [5, 5.41) is 2.46. The van der Waals surface area contributed by atoms with Crippen LogP contribution in [0.25, 0.3) is 11.0 Å². The van der Waals surface area contributed by atoms with Gasteiger partial charge >= 0.3 is 0 Å². The highest BCUT2D eigenvalue weighted by Crippen LogP contribution is 2.42. The Bertz CT molecular complexity index is 1480. The van der Waals surface area contributed by atoms with E-state index < -0.39 is 0 Å². The van der Waals surface area contributed by atoms with Crippen LogP contribution in [0, 0.1) is 6.92 Å². The van der Waals surface area contributed by atoms with Gasteiger partial charge in [0, 0.05) is 29.9 Å². The van der Waals surface area contributed by atoms with E-state index in [2.05, 4.69) is 4.98 Å². The standard InChI is InChI=1S/C27H27N3O4S/c1-5-29-15-20(25(31)18-9-8-16(2)28-26(18)29)27(32)30-11-10-17-13-21(33-3)22(34-4)14-19(17)24(30)23-7-6-12-35-23/h6-9,12-15,24H,5,10-11H2,1-4H3. The summed E-state index contributed by atoms with van der Waals surface area (Å²) in [4.78, 5) is 34.9. The molecule has 4 aromatic rings. The number of nitrogens with zero attached hydrogens (tertiary/aromatic N) is 3. The van der Waals surface area contributed by atoms with E-state index in [1.54, 1.807) is 37.8 Å². The highest BCUT2D eigenvalue weighted by atomic mass is 32.1. The predicted molar refractivity (Wildman–Crippen MR) is 137 cm³/mol. The van der Waals surface area contributed by atoms with Crippen LogP contribution in [0.15, 0.2) is 52.8 Å². The van der Waals surface area contributed by atoms with Crippen molar-refractivity contribution in [3.8, 4) is 11.5 Å². The number of ether oxygens (including phenoxy) is 2. The number of methoxy groups -OCH3 is 2. The fourth-order valence-corrected chi connectivity index (χ4v) is 5.68. The van der Waals surface area contributed by atoms with Crippen LogP contribution in [0.2, 0.25) is 0 Å². The quantitative estimate of drug-likeness (QED) is 0.410. The Balaban J connectivity index is 1.66.